The number of rotatable bonds is 6. The lowest BCUT2D eigenvalue weighted by Crippen LogP contribution is -2.15. The first-order chi connectivity index (χ1) is 12.6. The van der Waals surface area contributed by atoms with Crippen LogP contribution in [0.3, 0.4) is 0 Å². The lowest BCUT2D eigenvalue weighted by Gasteiger charge is -2.10. The number of amides is 1. The van der Waals surface area contributed by atoms with E-state index in [0.717, 1.165) is 10.2 Å². The van der Waals surface area contributed by atoms with Gasteiger partial charge in [0.05, 0.1) is 24.2 Å². The molecule has 1 N–H and O–H groups in total. The molecule has 1 aromatic heterocycles. The number of tetrazole rings is 1. The molecule has 0 aliphatic carbocycles. The highest BCUT2D eigenvalue weighted by Gasteiger charge is 2.13. The molecule has 3 rings (SSSR count). The number of hydrogen-bond donors (Lipinski definition) is 1. The first kappa shape index (κ1) is 18.7. The number of anilines is 1. The van der Waals surface area contributed by atoms with Gasteiger partial charge in [0, 0.05) is 9.50 Å². The number of aromatic nitrogens is 4. The molecular formula is C16H13BrClN5O2S. The zero-order valence-electron chi connectivity index (χ0n) is 13.5. The molecule has 2 aromatic carbocycles. The molecule has 1 heterocycles. The van der Waals surface area contributed by atoms with Gasteiger partial charge < -0.3 is 10.1 Å². The standard InChI is InChI=1S/C16H13BrClN5O2S/c1-25-14-7-4-11(18)8-13(14)19-15(24)9-26-16-20-21-22-23(16)12-5-2-10(17)3-6-12/h2-8H,9H2,1H3,(H,19,24). The fourth-order valence-electron chi connectivity index (χ4n) is 2.11. The van der Waals surface area contributed by atoms with E-state index >= 15 is 0 Å². The molecule has 0 atom stereocenters. The maximum absolute atomic E-state index is 12.3. The molecule has 7 nitrogen and oxygen atoms in total. The molecule has 3 aromatic rings. The van der Waals surface area contributed by atoms with Gasteiger partial charge in [-0.05, 0) is 52.9 Å². The normalized spacial score (nSPS) is 10.6. The smallest absolute Gasteiger partial charge is 0.234 e. The summed E-state index contributed by atoms with van der Waals surface area (Å²) in [5.41, 5.74) is 1.32. The summed E-state index contributed by atoms with van der Waals surface area (Å²) in [4.78, 5) is 12.3. The zero-order chi connectivity index (χ0) is 18.5. The van der Waals surface area contributed by atoms with Crippen LogP contribution in [0.5, 0.6) is 5.75 Å². The molecule has 0 aliphatic rings. The van der Waals surface area contributed by atoms with E-state index in [2.05, 4.69) is 36.8 Å². The summed E-state index contributed by atoms with van der Waals surface area (Å²) < 4.78 is 7.75. The predicted molar refractivity (Wildman–Crippen MR) is 104 cm³/mol. The Labute approximate surface area is 167 Å². The van der Waals surface area contributed by atoms with Gasteiger partial charge in [0.2, 0.25) is 11.1 Å². The molecule has 134 valence electrons. The van der Waals surface area contributed by atoms with E-state index in [9.17, 15) is 4.79 Å². The highest BCUT2D eigenvalue weighted by Crippen LogP contribution is 2.28. The van der Waals surface area contributed by atoms with Crippen molar-refractivity contribution < 1.29 is 9.53 Å². The Bertz CT molecular complexity index is 919. The van der Waals surface area contributed by atoms with Crippen molar-refractivity contribution in [3.05, 3.63) is 52.0 Å². The van der Waals surface area contributed by atoms with Crippen LogP contribution in [0, 0.1) is 0 Å². The third-order valence-electron chi connectivity index (χ3n) is 3.28. The van der Waals surface area contributed by atoms with Crippen LogP contribution in [-0.4, -0.2) is 39.0 Å². The Kier molecular flexibility index (Phi) is 6.12. The van der Waals surface area contributed by atoms with Gasteiger partial charge >= 0.3 is 0 Å². The number of nitrogens with one attached hydrogen (secondary N) is 1. The summed E-state index contributed by atoms with van der Waals surface area (Å²) in [5, 5.41) is 15.4. The van der Waals surface area contributed by atoms with Crippen molar-refractivity contribution in [1.82, 2.24) is 20.2 Å². The van der Waals surface area contributed by atoms with Crippen LogP contribution >= 0.6 is 39.3 Å². The Morgan fingerprint density at radius 3 is 2.81 bits per heavy atom. The maximum Gasteiger partial charge on any atom is 0.234 e. The molecule has 0 bridgehead atoms. The van der Waals surface area contributed by atoms with Gasteiger partial charge in [-0.3, -0.25) is 4.79 Å². The average Bonchev–Trinajstić information content (AvgIpc) is 3.09. The van der Waals surface area contributed by atoms with Crippen LogP contribution < -0.4 is 10.1 Å². The molecular weight excluding hydrogens is 442 g/mol. The number of nitrogens with zero attached hydrogens (tertiary/aromatic N) is 4. The minimum absolute atomic E-state index is 0.132. The summed E-state index contributed by atoms with van der Waals surface area (Å²) in [5.74, 6) is 0.445. The SMILES string of the molecule is COc1ccc(Cl)cc1NC(=O)CSc1nnnn1-c1ccc(Br)cc1. The van der Waals surface area contributed by atoms with Gasteiger partial charge in [-0.25, -0.2) is 0 Å². The highest BCUT2D eigenvalue weighted by molar-refractivity contribution is 9.10. The van der Waals surface area contributed by atoms with Crippen molar-refractivity contribution in [2.24, 2.45) is 0 Å². The summed E-state index contributed by atoms with van der Waals surface area (Å²) in [6, 6.07) is 12.6. The summed E-state index contributed by atoms with van der Waals surface area (Å²) in [6.45, 7) is 0. The minimum atomic E-state index is -0.221. The van der Waals surface area contributed by atoms with Crippen molar-refractivity contribution in [1.29, 1.82) is 0 Å². The number of carbonyl (C=O) groups is 1. The molecule has 1 amide bonds. The van der Waals surface area contributed by atoms with E-state index in [1.165, 1.54) is 18.9 Å². The average molecular weight is 455 g/mol. The molecule has 0 radical (unpaired) electrons. The molecule has 0 spiro atoms. The first-order valence-corrected chi connectivity index (χ1v) is 9.53. The first-order valence-electron chi connectivity index (χ1n) is 7.37. The van der Waals surface area contributed by atoms with Crippen LogP contribution in [0.4, 0.5) is 5.69 Å². The fourth-order valence-corrected chi connectivity index (χ4v) is 3.23. The van der Waals surface area contributed by atoms with E-state index in [4.69, 9.17) is 16.3 Å². The predicted octanol–water partition coefficient (Wildman–Crippen LogP) is 3.82. The second kappa shape index (κ2) is 8.52. The van der Waals surface area contributed by atoms with Crippen LogP contribution in [0.25, 0.3) is 5.69 Å². The van der Waals surface area contributed by atoms with E-state index in [-0.39, 0.29) is 11.7 Å². The maximum atomic E-state index is 12.3. The van der Waals surface area contributed by atoms with Gasteiger partial charge in [-0.1, -0.05) is 39.3 Å². The van der Waals surface area contributed by atoms with Crippen molar-refractivity contribution >= 4 is 50.9 Å². The van der Waals surface area contributed by atoms with E-state index in [1.54, 1.807) is 22.9 Å². The molecule has 0 unspecified atom stereocenters. The molecule has 0 fully saturated rings. The number of ether oxygens (including phenoxy) is 1. The Morgan fingerprint density at radius 1 is 1.31 bits per heavy atom. The van der Waals surface area contributed by atoms with E-state index < -0.39 is 0 Å². The summed E-state index contributed by atoms with van der Waals surface area (Å²) >= 11 is 10.6. The number of thioether (sulfide) groups is 1. The summed E-state index contributed by atoms with van der Waals surface area (Å²) in [7, 11) is 1.53. The highest BCUT2D eigenvalue weighted by atomic mass is 79.9. The van der Waals surface area contributed by atoms with E-state index in [1.807, 2.05) is 24.3 Å². The van der Waals surface area contributed by atoms with Crippen LogP contribution in [-0.2, 0) is 4.79 Å². The number of hydrogen-bond acceptors (Lipinski definition) is 6. The Morgan fingerprint density at radius 2 is 2.08 bits per heavy atom. The van der Waals surface area contributed by atoms with E-state index in [0.29, 0.717) is 21.6 Å². The minimum Gasteiger partial charge on any atom is -0.495 e. The number of methoxy groups -OCH3 is 1. The van der Waals surface area contributed by atoms with Crippen molar-refractivity contribution in [2.45, 2.75) is 5.16 Å². The van der Waals surface area contributed by atoms with Gasteiger partial charge in [0.15, 0.2) is 0 Å². The molecule has 0 saturated carbocycles. The Hall–Kier alpha value is -2.10. The van der Waals surface area contributed by atoms with Crippen LogP contribution in [0.2, 0.25) is 5.02 Å². The second-order valence-electron chi connectivity index (χ2n) is 5.03. The quantitative estimate of drug-likeness (QED) is 0.570. The third kappa shape index (κ3) is 4.54. The third-order valence-corrected chi connectivity index (χ3v) is 4.96. The Balaban J connectivity index is 1.67. The lowest BCUT2D eigenvalue weighted by atomic mass is 10.3. The van der Waals surface area contributed by atoms with Gasteiger partial charge in [-0.2, -0.15) is 4.68 Å². The van der Waals surface area contributed by atoms with Crippen LogP contribution in [0.1, 0.15) is 0 Å². The number of halogens is 2. The number of carbonyl (C=O) groups excluding carboxylic acids is 1. The molecule has 0 aliphatic heterocycles. The van der Waals surface area contributed by atoms with Crippen molar-refractivity contribution in [3.8, 4) is 11.4 Å². The van der Waals surface area contributed by atoms with Gasteiger partial charge in [0.1, 0.15) is 5.75 Å². The largest absolute Gasteiger partial charge is 0.495 e. The lowest BCUT2D eigenvalue weighted by molar-refractivity contribution is -0.113. The van der Waals surface area contributed by atoms with Crippen molar-refractivity contribution in [2.75, 3.05) is 18.2 Å². The molecule has 26 heavy (non-hydrogen) atoms. The fraction of sp³-hybridized carbons (Fsp3) is 0.125. The number of benzene rings is 2. The zero-order valence-corrected chi connectivity index (χ0v) is 16.7. The molecule has 10 heteroatoms. The van der Waals surface area contributed by atoms with Gasteiger partial charge in [0.25, 0.3) is 0 Å². The summed E-state index contributed by atoms with van der Waals surface area (Å²) in [6.07, 6.45) is 0. The monoisotopic (exact) mass is 453 g/mol. The second-order valence-corrected chi connectivity index (χ2v) is 7.33. The molecule has 0 saturated heterocycles. The van der Waals surface area contributed by atoms with Gasteiger partial charge in [-0.15, -0.1) is 5.10 Å². The van der Waals surface area contributed by atoms with Crippen LogP contribution in [0.15, 0.2) is 52.1 Å². The van der Waals surface area contributed by atoms with Crippen molar-refractivity contribution in [3.63, 3.8) is 0 Å². The topological polar surface area (TPSA) is 81.9 Å².